The summed E-state index contributed by atoms with van der Waals surface area (Å²) in [6, 6.07) is 7.75. The van der Waals surface area contributed by atoms with Crippen LogP contribution >= 0.6 is 11.3 Å². The zero-order chi connectivity index (χ0) is 15.6. The summed E-state index contributed by atoms with van der Waals surface area (Å²) in [6.07, 6.45) is 0. The van der Waals surface area contributed by atoms with E-state index in [1.165, 1.54) is 11.3 Å². The molecule has 0 spiro atoms. The Bertz CT molecular complexity index is 645. The summed E-state index contributed by atoms with van der Waals surface area (Å²) in [5.41, 5.74) is 8.53. The highest BCUT2D eigenvalue weighted by atomic mass is 32.1. The van der Waals surface area contributed by atoms with Gasteiger partial charge < -0.3 is 15.4 Å². The molecule has 0 unspecified atom stereocenters. The Morgan fingerprint density at radius 3 is 2.43 bits per heavy atom. The average molecular weight is 304 g/mol. The molecule has 1 aromatic carbocycles. The van der Waals surface area contributed by atoms with Crippen LogP contribution in [-0.2, 0) is 0 Å². The minimum Gasteiger partial charge on any atom is -0.494 e. The van der Waals surface area contributed by atoms with E-state index in [1.807, 2.05) is 38.1 Å². The van der Waals surface area contributed by atoms with Crippen LogP contribution in [0.5, 0.6) is 5.75 Å². The SMILES string of the molecule is CCOc1ccc(-c2c(C)sc(N)c2C(=O)N(C)C)cc1. The van der Waals surface area contributed by atoms with Crippen LogP contribution in [-0.4, -0.2) is 31.5 Å². The van der Waals surface area contributed by atoms with Gasteiger partial charge in [0.2, 0.25) is 0 Å². The highest BCUT2D eigenvalue weighted by molar-refractivity contribution is 7.16. The second-order valence-corrected chi connectivity index (χ2v) is 6.19. The molecule has 1 amide bonds. The number of carbonyl (C=O) groups excluding carboxylic acids is 1. The zero-order valence-corrected chi connectivity index (χ0v) is 13.6. The predicted molar refractivity (Wildman–Crippen MR) is 88.1 cm³/mol. The molecule has 0 aliphatic rings. The molecule has 2 aromatic rings. The van der Waals surface area contributed by atoms with Gasteiger partial charge in [0.05, 0.1) is 17.2 Å². The quantitative estimate of drug-likeness (QED) is 0.941. The fraction of sp³-hybridized carbons (Fsp3) is 0.312. The number of carbonyl (C=O) groups is 1. The minimum atomic E-state index is -0.0688. The first-order valence-corrected chi connectivity index (χ1v) is 7.61. The lowest BCUT2D eigenvalue weighted by Gasteiger charge is -2.13. The molecule has 0 aliphatic heterocycles. The number of rotatable bonds is 4. The maximum Gasteiger partial charge on any atom is 0.256 e. The third kappa shape index (κ3) is 3.03. The van der Waals surface area contributed by atoms with Gasteiger partial charge >= 0.3 is 0 Å². The van der Waals surface area contributed by atoms with Gasteiger partial charge in [-0.2, -0.15) is 0 Å². The number of nitrogen functional groups attached to an aromatic ring is 1. The van der Waals surface area contributed by atoms with E-state index < -0.39 is 0 Å². The molecule has 1 aromatic heterocycles. The molecule has 0 saturated carbocycles. The first-order valence-electron chi connectivity index (χ1n) is 6.79. The topological polar surface area (TPSA) is 55.6 Å². The van der Waals surface area contributed by atoms with Crippen molar-refractivity contribution in [2.75, 3.05) is 26.4 Å². The molecule has 1 heterocycles. The van der Waals surface area contributed by atoms with E-state index in [4.69, 9.17) is 10.5 Å². The molecular weight excluding hydrogens is 284 g/mol. The number of anilines is 1. The molecule has 0 fully saturated rings. The van der Waals surface area contributed by atoms with Gasteiger partial charge in [-0.25, -0.2) is 0 Å². The van der Waals surface area contributed by atoms with Crippen molar-refractivity contribution in [3.8, 4) is 16.9 Å². The van der Waals surface area contributed by atoms with Gasteiger partial charge in [0.25, 0.3) is 5.91 Å². The predicted octanol–water partition coefficient (Wildman–Crippen LogP) is 3.41. The summed E-state index contributed by atoms with van der Waals surface area (Å²) >= 11 is 1.45. The summed E-state index contributed by atoms with van der Waals surface area (Å²) in [5.74, 6) is 0.753. The maximum absolute atomic E-state index is 12.4. The molecule has 0 bridgehead atoms. The van der Waals surface area contributed by atoms with Gasteiger partial charge in [-0.3, -0.25) is 4.79 Å². The lowest BCUT2D eigenvalue weighted by atomic mass is 10.0. The highest BCUT2D eigenvalue weighted by Crippen LogP contribution is 2.39. The smallest absolute Gasteiger partial charge is 0.256 e. The lowest BCUT2D eigenvalue weighted by Crippen LogP contribution is -2.22. The van der Waals surface area contributed by atoms with E-state index in [0.717, 1.165) is 21.8 Å². The van der Waals surface area contributed by atoms with E-state index in [0.29, 0.717) is 17.2 Å². The summed E-state index contributed by atoms with van der Waals surface area (Å²) in [7, 11) is 3.47. The Kier molecular flexibility index (Phi) is 4.53. The number of benzene rings is 1. The van der Waals surface area contributed by atoms with Gasteiger partial charge in [0.1, 0.15) is 5.75 Å². The molecule has 0 saturated heterocycles. The molecule has 112 valence electrons. The van der Waals surface area contributed by atoms with Crippen molar-refractivity contribution in [1.82, 2.24) is 4.90 Å². The first kappa shape index (κ1) is 15.4. The number of nitrogens with two attached hydrogens (primary N) is 1. The third-order valence-electron chi connectivity index (χ3n) is 3.19. The number of amides is 1. The maximum atomic E-state index is 12.4. The van der Waals surface area contributed by atoms with Crippen LogP contribution in [0, 0.1) is 6.92 Å². The number of hydrogen-bond acceptors (Lipinski definition) is 4. The summed E-state index contributed by atoms with van der Waals surface area (Å²) < 4.78 is 5.45. The number of ether oxygens (including phenoxy) is 1. The highest BCUT2D eigenvalue weighted by Gasteiger charge is 2.22. The molecule has 2 rings (SSSR count). The monoisotopic (exact) mass is 304 g/mol. The Hall–Kier alpha value is -2.01. The van der Waals surface area contributed by atoms with E-state index in [9.17, 15) is 4.79 Å². The molecular formula is C16H20N2O2S. The van der Waals surface area contributed by atoms with Crippen LogP contribution in [0.1, 0.15) is 22.2 Å². The number of thiophene rings is 1. The van der Waals surface area contributed by atoms with Crippen LogP contribution in [0.25, 0.3) is 11.1 Å². The van der Waals surface area contributed by atoms with Crippen molar-refractivity contribution < 1.29 is 9.53 Å². The number of hydrogen-bond donors (Lipinski definition) is 1. The van der Waals surface area contributed by atoms with Gasteiger partial charge in [-0.15, -0.1) is 11.3 Å². The molecule has 21 heavy (non-hydrogen) atoms. The van der Waals surface area contributed by atoms with E-state index in [1.54, 1.807) is 19.0 Å². The van der Waals surface area contributed by atoms with E-state index in [2.05, 4.69) is 0 Å². The van der Waals surface area contributed by atoms with Gasteiger partial charge in [0, 0.05) is 24.5 Å². The number of nitrogens with zero attached hydrogens (tertiary/aromatic N) is 1. The lowest BCUT2D eigenvalue weighted by molar-refractivity contribution is 0.0829. The standard InChI is InChI=1S/C16H20N2O2S/c1-5-20-12-8-6-11(7-9-12)13-10(2)21-15(17)14(13)16(19)18(3)4/h6-9H,5,17H2,1-4H3. The molecule has 0 atom stereocenters. The molecule has 2 N–H and O–H groups in total. The first-order chi connectivity index (χ1) is 9.95. The fourth-order valence-corrected chi connectivity index (χ4v) is 3.18. The molecule has 0 radical (unpaired) electrons. The Morgan fingerprint density at radius 2 is 1.90 bits per heavy atom. The average Bonchev–Trinajstić information content (AvgIpc) is 2.73. The molecule has 0 aliphatic carbocycles. The third-order valence-corrected chi connectivity index (χ3v) is 4.12. The Morgan fingerprint density at radius 1 is 1.29 bits per heavy atom. The number of aryl methyl sites for hydroxylation is 1. The van der Waals surface area contributed by atoms with Crippen LogP contribution in [0.3, 0.4) is 0 Å². The second kappa shape index (κ2) is 6.18. The minimum absolute atomic E-state index is 0.0688. The Labute approximate surface area is 129 Å². The Balaban J connectivity index is 2.50. The van der Waals surface area contributed by atoms with E-state index in [-0.39, 0.29) is 5.91 Å². The van der Waals surface area contributed by atoms with Crippen LogP contribution in [0.4, 0.5) is 5.00 Å². The van der Waals surface area contributed by atoms with Crippen molar-refractivity contribution in [3.05, 3.63) is 34.7 Å². The second-order valence-electron chi connectivity index (χ2n) is 4.93. The van der Waals surface area contributed by atoms with Gasteiger partial charge in [-0.05, 0) is 31.5 Å². The summed E-state index contributed by atoms with van der Waals surface area (Å²) in [6.45, 7) is 4.57. The van der Waals surface area contributed by atoms with Crippen molar-refractivity contribution in [2.45, 2.75) is 13.8 Å². The summed E-state index contributed by atoms with van der Waals surface area (Å²) in [5, 5.41) is 0.565. The van der Waals surface area contributed by atoms with Gasteiger partial charge in [0.15, 0.2) is 0 Å². The van der Waals surface area contributed by atoms with Crippen LogP contribution in [0.15, 0.2) is 24.3 Å². The fourth-order valence-electron chi connectivity index (χ4n) is 2.23. The zero-order valence-electron chi connectivity index (χ0n) is 12.8. The van der Waals surface area contributed by atoms with E-state index >= 15 is 0 Å². The van der Waals surface area contributed by atoms with Gasteiger partial charge in [-0.1, -0.05) is 12.1 Å². The van der Waals surface area contributed by atoms with Crippen LogP contribution in [0.2, 0.25) is 0 Å². The van der Waals surface area contributed by atoms with Crippen molar-refractivity contribution in [2.24, 2.45) is 0 Å². The van der Waals surface area contributed by atoms with Crippen molar-refractivity contribution >= 4 is 22.2 Å². The van der Waals surface area contributed by atoms with Crippen LogP contribution < -0.4 is 10.5 Å². The molecule has 4 nitrogen and oxygen atoms in total. The van der Waals surface area contributed by atoms with Crippen molar-refractivity contribution in [3.63, 3.8) is 0 Å². The molecule has 5 heteroatoms. The summed E-state index contributed by atoms with van der Waals surface area (Å²) in [4.78, 5) is 15.0. The van der Waals surface area contributed by atoms with Crippen molar-refractivity contribution in [1.29, 1.82) is 0 Å². The normalized spacial score (nSPS) is 10.5. The largest absolute Gasteiger partial charge is 0.494 e.